The highest BCUT2D eigenvalue weighted by Crippen LogP contribution is 2.16. The van der Waals surface area contributed by atoms with Crippen LogP contribution in [0.4, 0.5) is 4.39 Å². The average Bonchev–Trinajstić information content (AvgIpc) is 2.68. The minimum absolute atomic E-state index is 0.00607. The molecule has 1 fully saturated rings. The van der Waals surface area contributed by atoms with Crippen LogP contribution in [-0.2, 0) is 31.1 Å². The third-order valence-electron chi connectivity index (χ3n) is 4.66. The lowest BCUT2D eigenvalue weighted by atomic mass is 10.1. The second kappa shape index (κ2) is 8.60. The van der Waals surface area contributed by atoms with Crippen molar-refractivity contribution >= 4 is 25.8 Å². The van der Waals surface area contributed by atoms with Gasteiger partial charge in [0.1, 0.15) is 16.8 Å². The molecule has 2 aromatic carbocycles. The topological polar surface area (TPSA) is 101 Å². The van der Waals surface area contributed by atoms with Crippen LogP contribution in [0, 0.1) is 5.82 Å². The maximum atomic E-state index is 14.0. The molecule has 7 nitrogen and oxygen atoms in total. The maximum absolute atomic E-state index is 14.0. The minimum atomic E-state index is -4.31. The summed E-state index contributed by atoms with van der Waals surface area (Å²) in [4.78, 5) is 13.8. The lowest BCUT2D eigenvalue weighted by Gasteiger charge is -2.30. The molecule has 0 aromatic heterocycles. The zero-order valence-electron chi connectivity index (χ0n) is 15.5. The Bertz CT molecular complexity index is 1070. The average molecular weight is 441 g/mol. The summed E-state index contributed by atoms with van der Waals surface area (Å²) in [5, 5.41) is 0. The zero-order valence-corrected chi connectivity index (χ0v) is 17.1. The standard InChI is InChI=1S/C19H21FN2O5S2/c20-16-8-4-5-9-18(16)29(26,27)21-17(14-15-6-2-1-3-7-15)19(23)22-10-12-28(24,25)13-11-22/h1-9,17,21H,10-14H2. The lowest BCUT2D eigenvalue weighted by molar-refractivity contribution is -0.132. The Balaban J connectivity index is 1.87. The molecule has 3 rings (SSSR count). The number of benzene rings is 2. The molecule has 1 saturated heterocycles. The molecular formula is C19H21FN2O5S2. The molecule has 1 aliphatic rings. The van der Waals surface area contributed by atoms with Gasteiger partial charge in [0.2, 0.25) is 15.9 Å². The number of carbonyl (C=O) groups excluding carboxylic acids is 1. The van der Waals surface area contributed by atoms with Crippen molar-refractivity contribution in [2.75, 3.05) is 24.6 Å². The Morgan fingerprint density at radius 2 is 1.62 bits per heavy atom. The number of carbonyl (C=O) groups is 1. The predicted octanol–water partition coefficient (Wildman–Crippen LogP) is 0.972. The zero-order chi connectivity index (χ0) is 21.1. The predicted molar refractivity (Wildman–Crippen MR) is 106 cm³/mol. The van der Waals surface area contributed by atoms with Crippen molar-refractivity contribution in [2.24, 2.45) is 0 Å². The number of halogens is 1. The number of hydrogen-bond acceptors (Lipinski definition) is 5. The molecule has 1 aliphatic heterocycles. The van der Waals surface area contributed by atoms with Crippen LogP contribution < -0.4 is 4.72 Å². The first-order valence-corrected chi connectivity index (χ1v) is 12.3. The van der Waals surface area contributed by atoms with Gasteiger partial charge < -0.3 is 4.90 Å². The SMILES string of the molecule is O=C(C(Cc1ccccc1)NS(=O)(=O)c1ccccc1F)N1CCS(=O)(=O)CC1. The first-order valence-electron chi connectivity index (χ1n) is 8.98. The molecule has 2 aromatic rings. The van der Waals surface area contributed by atoms with Crippen molar-refractivity contribution < 1.29 is 26.0 Å². The lowest BCUT2D eigenvalue weighted by Crippen LogP contribution is -2.53. The molecule has 1 atom stereocenters. The van der Waals surface area contributed by atoms with Gasteiger partial charge in [-0.25, -0.2) is 21.2 Å². The van der Waals surface area contributed by atoms with Crippen molar-refractivity contribution in [1.82, 2.24) is 9.62 Å². The van der Waals surface area contributed by atoms with E-state index >= 15 is 0 Å². The summed E-state index contributed by atoms with van der Waals surface area (Å²) in [5.74, 6) is -1.80. The summed E-state index contributed by atoms with van der Waals surface area (Å²) in [7, 11) is -7.51. The Labute approximate surface area is 169 Å². The first-order chi connectivity index (χ1) is 13.7. The highest BCUT2D eigenvalue weighted by atomic mass is 32.2. The molecule has 1 heterocycles. The second-order valence-corrected chi connectivity index (χ2v) is 10.8. The Morgan fingerprint density at radius 1 is 1.03 bits per heavy atom. The highest BCUT2D eigenvalue weighted by molar-refractivity contribution is 7.91. The first kappa shape index (κ1) is 21.4. The van der Waals surface area contributed by atoms with Crippen LogP contribution in [0.3, 0.4) is 0 Å². The van der Waals surface area contributed by atoms with Crippen LogP contribution in [0.1, 0.15) is 5.56 Å². The molecule has 0 saturated carbocycles. The molecule has 1 N–H and O–H groups in total. The smallest absolute Gasteiger partial charge is 0.244 e. The van der Waals surface area contributed by atoms with E-state index in [1.165, 1.54) is 17.0 Å². The summed E-state index contributed by atoms with van der Waals surface area (Å²) in [6.07, 6.45) is 0.0522. The van der Waals surface area contributed by atoms with Crippen molar-refractivity contribution in [1.29, 1.82) is 0 Å². The van der Waals surface area contributed by atoms with Gasteiger partial charge in [-0.05, 0) is 24.1 Å². The van der Waals surface area contributed by atoms with Gasteiger partial charge in [0.25, 0.3) is 0 Å². The van der Waals surface area contributed by atoms with Gasteiger partial charge in [0.15, 0.2) is 9.84 Å². The summed E-state index contributed by atoms with van der Waals surface area (Å²) in [6, 6.07) is 12.5. The van der Waals surface area contributed by atoms with Gasteiger partial charge in [-0.1, -0.05) is 42.5 Å². The molecule has 0 aliphatic carbocycles. The van der Waals surface area contributed by atoms with E-state index in [4.69, 9.17) is 0 Å². The summed E-state index contributed by atoms with van der Waals surface area (Å²) >= 11 is 0. The summed E-state index contributed by atoms with van der Waals surface area (Å²) in [6.45, 7) is -0.0121. The van der Waals surface area contributed by atoms with Crippen LogP contribution in [0.15, 0.2) is 59.5 Å². The van der Waals surface area contributed by atoms with Gasteiger partial charge in [0, 0.05) is 13.1 Å². The van der Waals surface area contributed by atoms with Crippen LogP contribution in [0.25, 0.3) is 0 Å². The number of nitrogens with zero attached hydrogens (tertiary/aromatic N) is 1. The van der Waals surface area contributed by atoms with Crippen molar-refractivity contribution in [2.45, 2.75) is 17.4 Å². The highest BCUT2D eigenvalue weighted by Gasteiger charge is 2.33. The molecule has 29 heavy (non-hydrogen) atoms. The molecule has 0 radical (unpaired) electrons. The molecule has 1 amide bonds. The van der Waals surface area contributed by atoms with Gasteiger partial charge in [-0.2, -0.15) is 4.72 Å². The third kappa shape index (κ3) is 5.40. The Morgan fingerprint density at radius 3 is 2.24 bits per heavy atom. The quantitative estimate of drug-likeness (QED) is 0.722. The molecular weight excluding hydrogens is 419 g/mol. The summed E-state index contributed by atoms with van der Waals surface area (Å²) in [5.41, 5.74) is 0.715. The number of amides is 1. The van der Waals surface area contributed by atoms with E-state index < -0.39 is 42.5 Å². The number of sulfone groups is 1. The number of rotatable bonds is 6. The van der Waals surface area contributed by atoms with Crippen LogP contribution in [0.2, 0.25) is 0 Å². The van der Waals surface area contributed by atoms with Crippen LogP contribution in [-0.4, -0.2) is 58.3 Å². The normalized spacial score (nSPS) is 17.6. The monoisotopic (exact) mass is 440 g/mol. The van der Waals surface area contributed by atoms with Gasteiger partial charge in [-0.3, -0.25) is 4.79 Å². The molecule has 0 bridgehead atoms. The second-order valence-electron chi connectivity index (χ2n) is 6.77. The van der Waals surface area contributed by atoms with E-state index in [-0.39, 0.29) is 31.0 Å². The fraction of sp³-hybridized carbons (Fsp3) is 0.316. The van der Waals surface area contributed by atoms with E-state index in [0.717, 1.165) is 12.1 Å². The molecule has 10 heteroatoms. The van der Waals surface area contributed by atoms with Crippen molar-refractivity contribution in [3.63, 3.8) is 0 Å². The Kier molecular flexibility index (Phi) is 6.35. The van der Waals surface area contributed by atoms with E-state index in [1.54, 1.807) is 30.3 Å². The van der Waals surface area contributed by atoms with Crippen molar-refractivity contribution in [3.05, 3.63) is 66.0 Å². The number of sulfonamides is 1. The van der Waals surface area contributed by atoms with E-state index in [1.807, 2.05) is 0 Å². The van der Waals surface area contributed by atoms with Crippen LogP contribution >= 0.6 is 0 Å². The van der Waals surface area contributed by atoms with Gasteiger partial charge in [0.05, 0.1) is 11.5 Å². The van der Waals surface area contributed by atoms with Gasteiger partial charge in [-0.15, -0.1) is 0 Å². The van der Waals surface area contributed by atoms with Crippen LogP contribution in [0.5, 0.6) is 0 Å². The Hall–Kier alpha value is -2.30. The molecule has 1 unspecified atom stereocenters. The molecule has 156 valence electrons. The number of nitrogens with one attached hydrogen (secondary N) is 1. The summed E-state index contributed by atoms with van der Waals surface area (Å²) < 4.78 is 65.1. The van der Waals surface area contributed by atoms with E-state index in [0.29, 0.717) is 5.56 Å². The fourth-order valence-electron chi connectivity index (χ4n) is 3.10. The largest absolute Gasteiger partial charge is 0.339 e. The third-order valence-corrected chi connectivity index (χ3v) is 7.77. The fourth-order valence-corrected chi connectivity index (χ4v) is 5.57. The maximum Gasteiger partial charge on any atom is 0.244 e. The van der Waals surface area contributed by atoms with E-state index in [9.17, 15) is 26.0 Å². The van der Waals surface area contributed by atoms with Gasteiger partial charge >= 0.3 is 0 Å². The van der Waals surface area contributed by atoms with Crippen molar-refractivity contribution in [3.8, 4) is 0 Å². The van der Waals surface area contributed by atoms with E-state index in [2.05, 4.69) is 4.72 Å². The molecule has 0 spiro atoms. The number of hydrogen-bond donors (Lipinski definition) is 1. The minimum Gasteiger partial charge on any atom is -0.339 e.